The molecule has 102 valence electrons. The summed E-state index contributed by atoms with van der Waals surface area (Å²) in [4.78, 5) is 0. The second kappa shape index (κ2) is 7.20. The molecule has 0 fully saturated rings. The Morgan fingerprint density at radius 2 is 1.67 bits per heavy atom. The fourth-order valence-electron chi connectivity index (χ4n) is 2.31. The van der Waals surface area contributed by atoms with Crippen molar-refractivity contribution in [3.8, 4) is 0 Å². The van der Waals surface area contributed by atoms with Crippen LogP contribution >= 0.6 is 11.8 Å². The van der Waals surface area contributed by atoms with Gasteiger partial charge in [-0.15, -0.1) is 0 Å². The van der Waals surface area contributed by atoms with Crippen LogP contribution < -0.4 is 5.32 Å². The van der Waals surface area contributed by atoms with Crippen LogP contribution in [0.4, 0.5) is 0 Å². The van der Waals surface area contributed by atoms with Crippen LogP contribution in [-0.4, -0.2) is 17.5 Å². The zero-order chi connectivity index (χ0) is 13.7. The Hall–Kier alpha value is -0.470. The van der Waals surface area contributed by atoms with Crippen molar-refractivity contribution in [2.45, 2.75) is 53.6 Å². The molecule has 1 rings (SSSR count). The van der Waals surface area contributed by atoms with Gasteiger partial charge in [-0.3, -0.25) is 0 Å². The summed E-state index contributed by atoms with van der Waals surface area (Å²) in [6.45, 7) is 13.4. The van der Waals surface area contributed by atoms with Crippen molar-refractivity contribution < 1.29 is 0 Å². The molecule has 0 aromatic heterocycles. The Labute approximate surface area is 117 Å². The number of aryl methyl sites for hydroxylation is 3. The standard InChI is InChI=1S/C16H27NS/c1-7-18-10-14(5)17-15(6)16-9-12(3)11(2)8-13(16)4/h8-9,14-15,17H,7,10H2,1-6H3. The number of benzene rings is 1. The first-order chi connectivity index (χ1) is 8.45. The highest BCUT2D eigenvalue weighted by atomic mass is 32.2. The molecule has 0 saturated heterocycles. The van der Waals surface area contributed by atoms with Crippen LogP contribution in [0.3, 0.4) is 0 Å². The van der Waals surface area contributed by atoms with E-state index in [0.717, 1.165) is 0 Å². The number of thioether (sulfide) groups is 1. The molecule has 0 amide bonds. The second-order valence-electron chi connectivity index (χ2n) is 5.24. The van der Waals surface area contributed by atoms with E-state index in [4.69, 9.17) is 0 Å². The normalized spacial score (nSPS) is 14.6. The lowest BCUT2D eigenvalue weighted by atomic mass is 9.96. The Bertz CT molecular complexity index is 387. The third-order valence-corrected chi connectivity index (χ3v) is 4.60. The van der Waals surface area contributed by atoms with Gasteiger partial charge in [0.25, 0.3) is 0 Å². The van der Waals surface area contributed by atoms with Gasteiger partial charge in [-0.25, -0.2) is 0 Å². The number of nitrogens with one attached hydrogen (secondary N) is 1. The number of hydrogen-bond donors (Lipinski definition) is 1. The van der Waals surface area contributed by atoms with Crippen molar-refractivity contribution in [1.82, 2.24) is 5.32 Å². The van der Waals surface area contributed by atoms with Crippen LogP contribution in [-0.2, 0) is 0 Å². The summed E-state index contributed by atoms with van der Waals surface area (Å²) in [6.07, 6.45) is 0. The van der Waals surface area contributed by atoms with E-state index in [1.165, 1.54) is 33.8 Å². The van der Waals surface area contributed by atoms with E-state index in [1.807, 2.05) is 11.8 Å². The summed E-state index contributed by atoms with van der Waals surface area (Å²) < 4.78 is 0. The van der Waals surface area contributed by atoms with Gasteiger partial charge in [0.05, 0.1) is 0 Å². The van der Waals surface area contributed by atoms with Crippen molar-refractivity contribution in [2.24, 2.45) is 0 Å². The van der Waals surface area contributed by atoms with Crippen molar-refractivity contribution >= 4 is 11.8 Å². The van der Waals surface area contributed by atoms with Gasteiger partial charge in [0.15, 0.2) is 0 Å². The van der Waals surface area contributed by atoms with Crippen molar-refractivity contribution in [1.29, 1.82) is 0 Å². The van der Waals surface area contributed by atoms with Gasteiger partial charge in [-0.2, -0.15) is 11.8 Å². The Kier molecular flexibility index (Phi) is 6.24. The molecule has 0 aliphatic heterocycles. The molecule has 1 aromatic carbocycles. The molecule has 1 N–H and O–H groups in total. The molecule has 1 aromatic rings. The lowest BCUT2D eigenvalue weighted by molar-refractivity contribution is 0.509. The first-order valence-electron chi connectivity index (χ1n) is 6.87. The van der Waals surface area contributed by atoms with Gasteiger partial charge in [-0.1, -0.05) is 19.1 Å². The molecule has 2 heteroatoms. The van der Waals surface area contributed by atoms with Gasteiger partial charge < -0.3 is 5.32 Å². The van der Waals surface area contributed by atoms with E-state index < -0.39 is 0 Å². The van der Waals surface area contributed by atoms with E-state index in [2.05, 4.69) is 59.0 Å². The second-order valence-corrected chi connectivity index (χ2v) is 6.56. The van der Waals surface area contributed by atoms with E-state index >= 15 is 0 Å². The monoisotopic (exact) mass is 265 g/mol. The molecule has 0 heterocycles. The highest BCUT2D eigenvalue weighted by Crippen LogP contribution is 2.22. The minimum absolute atomic E-state index is 0.428. The van der Waals surface area contributed by atoms with E-state index in [9.17, 15) is 0 Å². The molecule has 0 saturated carbocycles. The van der Waals surface area contributed by atoms with Gasteiger partial charge in [0, 0.05) is 17.8 Å². The molecule has 0 spiro atoms. The smallest absolute Gasteiger partial charge is 0.0297 e. The zero-order valence-corrected chi connectivity index (χ0v) is 13.4. The van der Waals surface area contributed by atoms with E-state index in [1.54, 1.807) is 0 Å². The SMILES string of the molecule is CCSCC(C)NC(C)c1cc(C)c(C)cc1C. The minimum Gasteiger partial charge on any atom is -0.307 e. The topological polar surface area (TPSA) is 12.0 Å². The summed E-state index contributed by atoms with van der Waals surface area (Å²) in [5.41, 5.74) is 5.61. The first kappa shape index (κ1) is 15.6. The van der Waals surface area contributed by atoms with Crippen LogP contribution in [0, 0.1) is 20.8 Å². The minimum atomic E-state index is 0.428. The molecular formula is C16H27NS. The largest absolute Gasteiger partial charge is 0.307 e. The van der Waals surface area contributed by atoms with Crippen molar-refractivity contribution in [2.75, 3.05) is 11.5 Å². The summed E-state index contributed by atoms with van der Waals surface area (Å²) >= 11 is 2.00. The Morgan fingerprint density at radius 3 is 2.28 bits per heavy atom. The highest BCUT2D eigenvalue weighted by molar-refractivity contribution is 7.99. The average molecular weight is 265 g/mol. The van der Waals surface area contributed by atoms with Crippen LogP contribution in [0.1, 0.15) is 49.1 Å². The first-order valence-corrected chi connectivity index (χ1v) is 8.02. The fraction of sp³-hybridized carbons (Fsp3) is 0.625. The maximum Gasteiger partial charge on any atom is 0.0297 e. The van der Waals surface area contributed by atoms with Gasteiger partial charge >= 0.3 is 0 Å². The Morgan fingerprint density at radius 1 is 1.06 bits per heavy atom. The third-order valence-electron chi connectivity index (χ3n) is 3.46. The van der Waals surface area contributed by atoms with Crippen LogP contribution in [0.25, 0.3) is 0 Å². The van der Waals surface area contributed by atoms with Gasteiger partial charge in [0.1, 0.15) is 0 Å². The lowest BCUT2D eigenvalue weighted by Crippen LogP contribution is -2.31. The predicted molar refractivity (Wildman–Crippen MR) is 84.7 cm³/mol. The van der Waals surface area contributed by atoms with Crippen molar-refractivity contribution in [3.63, 3.8) is 0 Å². The fourth-order valence-corrected chi connectivity index (χ4v) is 2.99. The van der Waals surface area contributed by atoms with Gasteiger partial charge in [0.2, 0.25) is 0 Å². The predicted octanol–water partition coefficient (Wildman–Crippen LogP) is 4.40. The summed E-state index contributed by atoms with van der Waals surface area (Å²) in [5, 5.41) is 3.70. The molecule has 0 bridgehead atoms. The molecule has 0 aliphatic rings. The summed E-state index contributed by atoms with van der Waals surface area (Å²) in [7, 11) is 0. The average Bonchev–Trinajstić information content (AvgIpc) is 2.31. The Balaban J connectivity index is 2.72. The van der Waals surface area contributed by atoms with E-state index in [-0.39, 0.29) is 0 Å². The highest BCUT2D eigenvalue weighted by Gasteiger charge is 2.12. The zero-order valence-electron chi connectivity index (χ0n) is 12.6. The molecule has 1 nitrogen and oxygen atoms in total. The number of rotatable bonds is 6. The molecule has 0 aliphatic carbocycles. The maximum atomic E-state index is 3.70. The molecule has 0 radical (unpaired) electrons. The lowest BCUT2D eigenvalue weighted by Gasteiger charge is -2.22. The van der Waals surface area contributed by atoms with Crippen LogP contribution in [0.2, 0.25) is 0 Å². The molecule has 2 atom stereocenters. The third kappa shape index (κ3) is 4.33. The van der Waals surface area contributed by atoms with Crippen LogP contribution in [0.5, 0.6) is 0 Å². The number of hydrogen-bond acceptors (Lipinski definition) is 2. The summed E-state index contributed by atoms with van der Waals surface area (Å²) in [5.74, 6) is 2.38. The molecule has 18 heavy (non-hydrogen) atoms. The van der Waals surface area contributed by atoms with E-state index in [0.29, 0.717) is 12.1 Å². The maximum absolute atomic E-state index is 3.70. The quantitative estimate of drug-likeness (QED) is 0.818. The van der Waals surface area contributed by atoms with Crippen LogP contribution in [0.15, 0.2) is 12.1 Å². The van der Waals surface area contributed by atoms with Gasteiger partial charge in [-0.05, 0) is 62.6 Å². The molecular weight excluding hydrogens is 238 g/mol. The molecule has 2 unspecified atom stereocenters. The van der Waals surface area contributed by atoms with Crippen molar-refractivity contribution in [3.05, 3.63) is 34.4 Å². The summed E-state index contributed by atoms with van der Waals surface area (Å²) in [6, 6.07) is 5.62.